The highest BCUT2D eigenvalue weighted by atomic mass is 32.2. The SMILES string of the molecule is CC(C)[Si]1(C(C)C)OC2CCSC2C(Sc2ccc(F)cc2)O[Si](C(C)C)(C(C)C)O1. The van der Waals surface area contributed by atoms with Gasteiger partial charge < -0.3 is 13.0 Å². The number of thioether (sulfide) groups is 2. The van der Waals surface area contributed by atoms with E-state index in [1.807, 2.05) is 23.9 Å². The second-order valence-corrected chi connectivity index (χ2v) is 21.3. The Bertz CT molecular complexity index is 714. The molecule has 3 unspecified atom stereocenters. The van der Waals surface area contributed by atoms with Crippen molar-refractivity contribution < 1.29 is 17.4 Å². The van der Waals surface area contributed by atoms with E-state index < -0.39 is 17.1 Å². The van der Waals surface area contributed by atoms with Crippen molar-refractivity contribution in [2.24, 2.45) is 0 Å². The molecular weight excluding hydrogens is 464 g/mol. The van der Waals surface area contributed by atoms with Gasteiger partial charge in [-0.15, -0.1) is 0 Å². The van der Waals surface area contributed by atoms with E-state index in [2.05, 4.69) is 55.4 Å². The molecule has 3 nitrogen and oxygen atoms in total. The van der Waals surface area contributed by atoms with Crippen LogP contribution in [0.4, 0.5) is 4.39 Å². The third-order valence-electron chi connectivity index (χ3n) is 6.59. The van der Waals surface area contributed by atoms with Gasteiger partial charge in [-0.3, -0.25) is 0 Å². The summed E-state index contributed by atoms with van der Waals surface area (Å²) in [5.41, 5.74) is 1.26. The molecule has 176 valence electrons. The molecule has 0 N–H and O–H groups in total. The number of halogens is 1. The lowest BCUT2D eigenvalue weighted by atomic mass is 10.2. The molecule has 2 heterocycles. The number of fused-ring (bicyclic) bond motifs is 1. The van der Waals surface area contributed by atoms with E-state index in [1.165, 1.54) is 12.1 Å². The standard InChI is InChI=1S/C23H39FO3S2Si2/c1-15(2)30(16(3)4)25-21-13-14-28-22(21)23(29-20-11-9-19(24)10-12-20)26-31(27-30,17(5)6)18(7)8/h9-12,15-18,21-23H,13-14H2,1-8H3. The molecule has 0 bridgehead atoms. The topological polar surface area (TPSA) is 27.7 Å². The molecule has 1 aromatic carbocycles. The largest absolute Gasteiger partial charge is 0.414 e. The first-order chi connectivity index (χ1) is 14.5. The molecule has 0 aromatic heterocycles. The van der Waals surface area contributed by atoms with Crippen LogP contribution in [0.5, 0.6) is 0 Å². The van der Waals surface area contributed by atoms with Crippen molar-refractivity contribution in [1.82, 2.24) is 0 Å². The van der Waals surface area contributed by atoms with Crippen molar-refractivity contribution in [3.8, 4) is 0 Å². The zero-order valence-electron chi connectivity index (χ0n) is 20.2. The first kappa shape index (κ1) is 25.8. The van der Waals surface area contributed by atoms with Crippen LogP contribution in [0.1, 0.15) is 61.8 Å². The average Bonchev–Trinajstić information content (AvgIpc) is 3.12. The van der Waals surface area contributed by atoms with Crippen LogP contribution in [0.15, 0.2) is 29.2 Å². The molecule has 0 saturated carbocycles. The summed E-state index contributed by atoms with van der Waals surface area (Å²) in [5.74, 6) is 0.873. The van der Waals surface area contributed by atoms with Gasteiger partial charge in [0.2, 0.25) is 0 Å². The molecule has 0 radical (unpaired) electrons. The Kier molecular flexibility index (Phi) is 8.48. The maximum atomic E-state index is 13.5. The highest BCUT2D eigenvalue weighted by Gasteiger charge is 2.61. The Morgan fingerprint density at radius 2 is 1.39 bits per heavy atom. The Balaban J connectivity index is 2.07. The molecule has 2 saturated heterocycles. The van der Waals surface area contributed by atoms with Crippen molar-refractivity contribution in [3.05, 3.63) is 30.1 Å². The van der Waals surface area contributed by atoms with Gasteiger partial charge in [-0.25, -0.2) is 4.39 Å². The maximum Gasteiger partial charge on any atom is 0.335 e. The second kappa shape index (κ2) is 10.2. The molecule has 2 fully saturated rings. The minimum absolute atomic E-state index is 0.0641. The quantitative estimate of drug-likeness (QED) is 0.371. The van der Waals surface area contributed by atoms with Crippen LogP contribution >= 0.6 is 23.5 Å². The third kappa shape index (κ3) is 5.15. The Hall–Kier alpha value is 0.164. The number of hydrogen-bond acceptors (Lipinski definition) is 5. The highest BCUT2D eigenvalue weighted by Crippen LogP contribution is 2.52. The van der Waals surface area contributed by atoms with Gasteiger partial charge in [0.25, 0.3) is 0 Å². The minimum atomic E-state index is -2.64. The van der Waals surface area contributed by atoms with Crippen LogP contribution in [0.3, 0.4) is 0 Å². The molecule has 1 aromatic rings. The van der Waals surface area contributed by atoms with Gasteiger partial charge in [0.05, 0.1) is 11.4 Å². The summed E-state index contributed by atoms with van der Waals surface area (Å²) in [4.78, 5) is 1.03. The van der Waals surface area contributed by atoms with Crippen molar-refractivity contribution in [2.45, 2.75) is 106 Å². The molecule has 3 rings (SSSR count). The van der Waals surface area contributed by atoms with Gasteiger partial charge in [0.15, 0.2) is 0 Å². The van der Waals surface area contributed by atoms with Crippen molar-refractivity contribution in [3.63, 3.8) is 0 Å². The molecule has 0 spiro atoms. The van der Waals surface area contributed by atoms with E-state index in [9.17, 15) is 4.39 Å². The van der Waals surface area contributed by atoms with Crippen LogP contribution < -0.4 is 0 Å². The minimum Gasteiger partial charge on any atom is -0.414 e. The molecule has 31 heavy (non-hydrogen) atoms. The van der Waals surface area contributed by atoms with Gasteiger partial charge in [0.1, 0.15) is 11.3 Å². The fourth-order valence-electron chi connectivity index (χ4n) is 4.84. The summed E-state index contributed by atoms with van der Waals surface area (Å²) in [6.07, 6.45) is 1.18. The lowest BCUT2D eigenvalue weighted by Crippen LogP contribution is -2.66. The van der Waals surface area contributed by atoms with Crippen LogP contribution in [-0.2, 0) is 13.0 Å². The molecule has 0 amide bonds. The summed E-state index contributed by atoms with van der Waals surface area (Å²) in [5, 5.41) is 0.257. The van der Waals surface area contributed by atoms with Crippen molar-refractivity contribution >= 4 is 40.6 Å². The van der Waals surface area contributed by atoms with E-state index in [0.29, 0.717) is 22.2 Å². The van der Waals surface area contributed by atoms with Gasteiger partial charge in [-0.1, -0.05) is 67.2 Å². The van der Waals surface area contributed by atoms with Crippen molar-refractivity contribution in [1.29, 1.82) is 0 Å². The van der Waals surface area contributed by atoms with Crippen LogP contribution in [0, 0.1) is 5.82 Å². The molecule has 2 aliphatic heterocycles. The zero-order valence-corrected chi connectivity index (χ0v) is 23.8. The lowest BCUT2D eigenvalue weighted by molar-refractivity contribution is 0.0643. The first-order valence-electron chi connectivity index (χ1n) is 11.6. The van der Waals surface area contributed by atoms with Crippen LogP contribution in [0.25, 0.3) is 0 Å². The fraction of sp³-hybridized carbons (Fsp3) is 0.739. The normalized spacial score (nSPS) is 28.2. The van der Waals surface area contributed by atoms with E-state index >= 15 is 0 Å². The predicted octanol–water partition coefficient (Wildman–Crippen LogP) is 7.71. The van der Waals surface area contributed by atoms with E-state index in [-0.39, 0.29) is 22.6 Å². The van der Waals surface area contributed by atoms with E-state index in [0.717, 1.165) is 17.1 Å². The van der Waals surface area contributed by atoms with Gasteiger partial charge in [0, 0.05) is 4.90 Å². The summed E-state index contributed by atoms with van der Waals surface area (Å²) >= 11 is 3.68. The molecule has 8 heteroatoms. The second-order valence-electron chi connectivity index (χ2n) is 10.0. The van der Waals surface area contributed by atoms with E-state index in [1.54, 1.807) is 11.8 Å². The van der Waals surface area contributed by atoms with Gasteiger partial charge in [-0.05, 0) is 58.6 Å². The fourth-order valence-corrected chi connectivity index (χ4v) is 19.4. The van der Waals surface area contributed by atoms with Crippen LogP contribution in [-0.4, -0.2) is 39.7 Å². The summed E-state index contributed by atoms with van der Waals surface area (Å²) in [6.45, 7) is 18.1. The predicted molar refractivity (Wildman–Crippen MR) is 136 cm³/mol. The Labute approximate surface area is 199 Å². The Morgan fingerprint density at radius 1 is 0.871 bits per heavy atom. The Morgan fingerprint density at radius 3 is 1.90 bits per heavy atom. The highest BCUT2D eigenvalue weighted by molar-refractivity contribution is 8.04. The number of benzene rings is 1. The van der Waals surface area contributed by atoms with Gasteiger partial charge >= 0.3 is 17.1 Å². The first-order valence-corrected chi connectivity index (χ1v) is 17.5. The van der Waals surface area contributed by atoms with Gasteiger partial charge in [-0.2, -0.15) is 11.8 Å². The zero-order chi connectivity index (χ0) is 23.0. The number of rotatable bonds is 6. The molecule has 0 aliphatic carbocycles. The van der Waals surface area contributed by atoms with Crippen molar-refractivity contribution in [2.75, 3.05) is 5.75 Å². The number of hydrogen-bond donors (Lipinski definition) is 0. The summed E-state index contributed by atoms with van der Waals surface area (Å²) < 4.78 is 35.2. The summed E-state index contributed by atoms with van der Waals surface area (Å²) in [7, 11) is -5.17. The average molecular weight is 503 g/mol. The monoisotopic (exact) mass is 502 g/mol. The van der Waals surface area contributed by atoms with Crippen LogP contribution in [0.2, 0.25) is 22.2 Å². The third-order valence-corrected chi connectivity index (χ3v) is 19.8. The smallest absolute Gasteiger partial charge is 0.335 e. The van der Waals surface area contributed by atoms with E-state index in [4.69, 9.17) is 13.0 Å². The lowest BCUT2D eigenvalue weighted by Gasteiger charge is -2.53. The maximum absolute atomic E-state index is 13.5. The molecule has 2 aliphatic rings. The molecular formula is C23H39FO3S2Si2. The summed E-state index contributed by atoms with van der Waals surface area (Å²) in [6, 6.07) is 6.77. The molecule has 3 atom stereocenters.